The summed E-state index contributed by atoms with van der Waals surface area (Å²) in [6.45, 7) is 0. The molecule has 102 heavy (non-hydrogen) atoms. The van der Waals surface area contributed by atoms with E-state index in [4.69, 9.17) is 0 Å². The largest absolute Gasteiger partial charge is 2.00 e. The van der Waals surface area contributed by atoms with Crippen molar-refractivity contribution in [1.82, 2.24) is 19.9 Å². The topological polar surface area (TPSA) is 144 Å². The summed E-state index contributed by atoms with van der Waals surface area (Å²) in [6.07, 6.45) is 14.0. The van der Waals surface area contributed by atoms with Crippen molar-refractivity contribution in [2.24, 2.45) is 0 Å². The Bertz CT molecular complexity index is 3860. The number of para-hydroxylation sites is 4. The van der Waals surface area contributed by atoms with Gasteiger partial charge in [0.05, 0.1) is 0 Å². The minimum absolute atomic E-state index is 0. The Morgan fingerprint density at radius 3 is 0.324 bits per heavy atom. The first kappa shape index (κ1) is 76.8. The molecule has 12 aromatic carbocycles. The molecule has 0 amide bonds. The van der Waals surface area contributed by atoms with Crippen LogP contribution in [0.15, 0.2) is 438 Å². The molecule has 0 spiro atoms. The van der Waals surface area contributed by atoms with Crippen LogP contribution >= 0.6 is 0 Å². The van der Waals surface area contributed by atoms with Gasteiger partial charge in [-0.1, -0.05) is 363 Å². The molecule has 0 aliphatic carbocycles. The number of aromatic nitrogens is 4. The molecular formula is C92H72N4Ni2O4. The van der Waals surface area contributed by atoms with Gasteiger partial charge in [-0.3, -0.25) is 19.9 Å². The Hall–Kier alpha value is -12.6. The SMILES string of the molecule is [Ni+2].[Ni+2].[O-]c1c(-c2ccccc2)cccc1-c1ccccc1.[O-]c1c(-c2ccccc2)cccc1-c1ccccc1.[O-]c1c(-c2ccccc2)cccc1-c1ccccc1.[O-]c1c(-c2ccccc2)cccc1-c1ccccc1.c1ccncc1.c1ccncc1.c1ccncc1.c1ccncc1. The number of nitrogens with zero attached hydrogens (tertiary/aromatic N) is 4. The van der Waals surface area contributed by atoms with Crippen LogP contribution in [0.25, 0.3) is 89.0 Å². The Morgan fingerprint density at radius 1 is 0.127 bits per heavy atom. The number of pyridine rings is 4. The number of hydrogen-bond donors (Lipinski definition) is 0. The Morgan fingerprint density at radius 2 is 0.235 bits per heavy atom. The van der Waals surface area contributed by atoms with E-state index in [9.17, 15) is 20.4 Å². The van der Waals surface area contributed by atoms with Gasteiger partial charge in [0.1, 0.15) is 0 Å². The van der Waals surface area contributed by atoms with Crippen LogP contribution in [0.2, 0.25) is 0 Å². The second kappa shape index (κ2) is 44.4. The molecule has 0 fully saturated rings. The fraction of sp³-hybridized carbons (Fsp3) is 0. The van der Waals surface area contributed by atoms with Gasteiger partial charge in [-0.2, -0.15) is 0 Å². The molecule has 0 N–H and O–H groups in total. The van der Waals surface area contributed by atoms with E-state index in [1.165, 1.54) is 0 Å². The van der Waals surface area contributed by atoms with E-state index in [1.807, 2.05) is 388 Å². The van der Waals surface area contributed by atoms with E-state index in [1.54, 1.807) is 49.6 Å². The summed E-state index contributed by atoms with van der Waals surface area (Å²) in [5, 5.41) is 50.3. The van der Waals surface area contributed by atoms with Crippen LogP contribution in [-0.4, -0.2) is 19.9 Å². The summed E-state index contributed by atoms with van der Waals surface area (Å²) in [4.78, 5) is 15.1. The fourth-order valence-electron chi connectivity index (χ4n) is 10.2. The molecule has 0 aliphatic rings. The average molecular weight is 1410 g/mol. The molecule has 10 heteroatoms. The first-order valence-electron chi connectivity index (χ1n) is 32.5. The van der Waals surface area contributed by atoms with Gasteiger partial charge < -0.3 is 20.4 Å². The molecule has 0 aliphatic heterocycles. The molecule has 504 valence electrons. The second-order valence-corrected chi connectivity index (χ2v) is 21.8. The third-order valence-corrected chi connectivity index (χ3v) is 15.0. The molecule has 4 heterocycles. The summed E-state index contributed by atoms with van der Waals surface area (Å²) < 4.78 is 0. The quantitative estimate of drug-likeness (QED) is 0.137. The molecule has 16 aromatic rings. The van der Waals surface area contributed by atoms with Gasteiger partial charge in [-0.05, 0) is 138 Å². The van der Waals surface area contributed by atoms with E-state index in [2.05, 4.69) is 19.9 Å². The molecule has 16 rings (SSSR count). The van der Waals surface area contributed by atoms with E-state index in [0.717, 1.165) is 89.0 Å². The standard InChI is InChI=1S/4C18H14O.4C5H5N.2Ni/c4*19-18-16(14-8-3-1-4-9-14)12-7-13-17(18)15-10-5-2-6-11-15;4*1-2-4-6-5-3-1;;/h4*1-13,19H;4*1-5H;;/q;;;;;;;;2*+2/p-4. The van der Waals surface area contributed by atoms with Crippen molar-refractivity contribution < 1.29 is 53.4 Å². The molecule has 0 bridgehead atoms. The van der Waals surface area contributed by atoms with E-state index in [-0.39, 0.29) is 56.0 Å². The molecule has 0 atom stereocenters. The Labute approximate surface area is 618 Å². The van der Waals surface area contributed by atoms with Crippen LogP contribution in [0.3, 0.4) is 0 Å². The van der Waals surface area contributed by atoms with Crippen molar-refractivity contribution >= 4 is 0 Å². The zero-order valence-electron chi connectivity index (χ0n) is 55.6. The minimum Gasteiger partial charge on any atom is -0.872 e. The summed E-state index contributed by atoms with van der Waals surface area (Å²) in [6, 6.07) is 124. The van der Waals surface area contributed by atoms with Crippen LogP contribution in [-0.2, 0) is 33.0 Å². The summed E-state index contributed by atoms with van der Waals surface area (Å²) >= 11 is 0. The van der Waals surface area contributed by atoms with Gasteiger partial charge in [0, 0.05) is 49.6 Å². The van der Waals surface area contributed by atoms with E-state index < -0.39 is 0 Å². The monoisotopic (exact) mass is 1410 g/mol. The third-order valence-electron chi connectivity index (χ3n) is 15.0. The van der Waals surface area contributed by atoms with E-state index in [0.29, 0.717) is 0 Å². The number of hydrogen-bond acceptors (Lipinski definition) is 8. The molecule has 0 radical (unpaired) electrons. The molecule has 0 saturated heterocycles. The predicted molar refractivity (Wildman–Crippen MR) is 404 cm³/mol. The molecule has 4 aromatic heterocycles. The first-order chi connectivity index (χ1) is 49.4. The normalized spacial score (nSPS) is 9.57. The smallest absolute Gasteiger partial charge is 0.872 e. The summed E-state index contributed by atoms with van der Waals surface area (Å²) in [5.74, 6) is 0.333. The van der Waals surface area contributed by atoms with Gasteiger partial charge in [0.25, 0.3) is 0 Å². The van der Waals surface area contributed by atoms with Crippen LogP contribution in [0, 0.1) is 0 Å². The number of rotatable bonds is 8. The van der Waals surface area contributed by atoms with Crippen molar-refractivity contribution in [3.8, 4) is 112 Å². The number of benzene rings is 12. The van der Waals surface area contributed by atoms with Crippen LogP contribution in [0.4, 0.5) is 0 Å². The van der Waals surface area contributed by atoms with Gasteiger partial charge in [0.15, 0.2) is 0 Å². The Kier molecular flexibility index (Phi) is 33.4. The van der Waals surface area contributed by atoms with Crippen molar-refractivity contribution in [2.75, 3.05) is 0 Å². The average Bonchev–Trinajstić information content (AvgIpc) is 0.849. The van der Waals surface area contributed by atoms with Crippen molar-refractivity contribution in [2.45, 2.75) is 0 Å². The van der Waals surface area contributed by atoms with Gasteiger partial charge >= 0.3 is 33.0 Å². The van der Waals surface area contributed by atoms with Gasteiger partial charge in [-0.25, -0.2) is 0 Å². The first-order valence-corrected chi connectivity index (χ1v) is 32.5. The van der Waals surface area contributed by atoms with Crippen LogP contribution in [0.5, 0.6) is 23.0 Å². The summed E-state index contributed by atoms with van der Waals surface area (Å²) in [5.41, 5.74) is 13.7. The van der Waals surface area contributed by atoms with Crippen molar-refractivity contribution in [3.05, 3.63) is 438 Å². The molecule has 0 unspecified atom stereocenters. The van der Waals surface area contributed by atoms with Crippen molar-refractivity contribution in [1.29, 1.82) is 0 Å². The third kappa shape index (κ3) is 24.5. The van der Waals surface area contributed by atoms with Crippen molar-refractivity contribution in [3.63, 3.8) is 0 Å². The van der Waals surface area contributed by atoms with Crippen LogP contribution in [0.1, 0.15) is 0 Å². The molecule has 8 nitrogen and oxygen atoms in total. The Balaban J connectivity index is 0.000000170. The molecular weight excluding hydrogens is 1340 g/mol. The summed E-state index contributed by atoms with van der Waals surface area (Å²) in [7, 11) is 0. The second-order valence-electron chi connectivity index (χ2n) is 21.8. The van der Waals surface area contributed by atoms with Crippen LogP contribution < -0.4 is 20.4 Å². The van der Waals surface area contributed by atoms with Gasteiger partial charge in [-0.15, -0.1) is 0 Å². The fourth-order valence-corrected chi connectivity index (χ4v) is 10.2. The maximum absolute atomic E-state index is 12.6. The predicted octanol–water partition coefficient (Wildman–Crippen LogP) is 20.7. The van der Waals surface area contributed by atoms with E-state index >= 15 is 0 Å². The zero-order valence-corrected chi connectivity index (χ0v) is 57.6. The van der Waals surface area contributed by atoms with Gasteiger partial charge in [0.2, 0.25) is 0 Å². The maximum atomic E-state index is 12.6. The minimum atomic E-state index is 0. The maximum Gasteiger partial charge on any atom is 2.00 e. The zero-order chi connectivity index (χ0) is 69.3. The molecule has 0 saturated carbocycles.